The third-order valence-electron chi connectivity index (χ3n) is 1.92. The lowest BCUT2D eigenvalue weighted by Gasteiger charge is -2.20. The van der Waals surface area contributed by atoms with Crippen LogP contribution in [0.1, 0.15) is 12.8 Å². The molecule has 0 amide bonds. The van der Waals surface area contributed by atoms with Crippen molar-refractivity contribution in [2.24, 2.45) is 0 Å². The topological polar surface area (TPSA) is 37.4 Å². The van der Waals surface area contributed by atoms with Crippen molar-refractivity contribution in [3.8, 4) is 0 Å². The van der Waals surface area contributed by atoms with E-state index < -0.39 is 34.8 Å². The van der Waals surface area contributed by atoms with Gasteiger partial charge in [0.25, 0.3) is 0 Å². The number of sulfonamides is 1. The Balaban J connectivity index is 4.32. The van der Waals surface area contributed by atoms with Gasteiger partial charge in [0.15, 0.2) is 0 Å². The molecule has 17 heavy (non-hydrogen) atoms. The lowest BCUT2D eigenvalue weighted by molar-refractivity contribution is -0.134. The summed E-state index contributed by atoms with van der Waals surface area (Å²) in [4.78, 5) is 0. The largest absolute Gasteiger partial charge is 0.389 e. The molecule has 0 aliphatic heterocycles. The van der Waals surface area contributed by atoms with Gasteiger partial charge < -0.3 is 0 Å². The van der Waals surface area contributed by atoms with Crippen LogP contribution in [0.3, 0.4) is 0 Å². The Labute approximate surface area is 109 Å². The van der Waals surface area contributed by atoms with E-state index in [-0.39, 0.29) is 24.8 Å². The van der Waals surface area contributed by atoms with Gasteiger partial charge in [-0.1, -0.05) is 0 Å². The minimum Gasteiger partial charge on any atom is -0.212 e. The van der Waals surface area contributed by atoms with Crippen molar-refractivity contribution in [2.45, 2.75) is 19.0 Å². The van der Waals surface area contributed by atoms with Gasteiger partial charge in [0.1, 0.15) is 0 Å². The first-order valence-electron chi connectivity index (χ1n) is 4.89. The van der Waals surface area contributed by atoms with Crippen LogP contribution in [0.5, 0.6) is 0 Å². The van der Waals surface area contributed by atoms with Gasteiger partial charge in [-0.15, -0.1) is 23.2 Å². The van der Waals surface area contributed by atoms with E-state index in [2.05, 4.69) is 0 Å². The van der Waals surface area contributed by atoms with Crippen molar-refractivity contribution in [3.05, 3.63) is 0 Å². The molecule has 0 unspecified atom stereocenters. The number of halogens is 5. The fraction of sp³-hybridized carbons (Fsp3) is 1.00. The maximum atomic E-state index is 11.9. The number of alkyl halides is 5. The SMILES string of the molecule is O=S(=O)(CCCC(F)(F)F)N(CCCl)CCCl. The highest BCUT2D eigenvalue weighted by molar-refractivity contribution is 7.89. The van der Waals surface area contributed by atoms with Crippen molar-refractivity contribution >= 4 is 33.2 Å². The molecule has 0 aliphatic carbocycles. The number of rotatable bonds is 8. The van der Waals surface area contributed by atoms with Crippen LogP contribution in [0.4, 0.5) is 13.2 Å². The molecule has 0 heterocycles. The van der Waals surface area contributed by atoms with Gasteiger partial charge in [0.2, 0.25) is 10.0 Å². The van der Waals surface area contributed by atoms with Gasteiger partial charge >= 0.3 is 6.18 Å². The van der Waals surface area contributed by atoms with E-state index in [1.54, 1.807) is 0 Å². The Bertz CT molecular complexity index is 302. The molecule has 0 atom stereocenters. The summed E-state index contributed by atoms with van der Waals surface area (Å²) in [6, 6.07) is 0. The van der Waals surface area contributed by atoms with Gasteiger partial charge in [-0.2, -0.15) is 17.5 Å². The first-order valence-corrected chi connectivity index (χ1v) is 7.57. The molecule has 0 rings (SSSR count). The summed E-state index contributed by atoms with van der Waals surface area (Å²) in [7, 11) is -3.70. The summed E-state index contributed by atoms with van der Waals surface area (Å²) in [6.07, 6.45) is -5.89. The van der Waals surface area contributed by atoms with E-state index in [0.29, 0.717) is 0 Å². The van der Waals surface area contributed by atoms with Crippen molar-refractivity contribution in [3.63, 3.8) is 0 Å². The normalized spacial score (nSPS) is 13.3. The predicted molar refractivity (Wildman–Crippen MR) is 62.1 cm³/mol. The van der Waals surface area contributed by atoms with Crippen LogP contribution in [0.2, 0.25) is 0 Å². The van der Waals surface area contributed by atoms with Gasteiger partial charge in [-0.05, 0) is 6.42 Å². The molecule has 0 saturated carbocycles. The third kappa shape index (κ3) is 8.07. The second-order valence-electron chi connectivity index (χ2n) is 3.31. The van der Waals surface area contributed by atoms with Crippen molar-refractivity contribution in [1.29, 1.82) is 0 Å². The van der Waals surface area contributed by atoms with E-state index in [9.17, 15) is 21.6 Å². The Morgan fingerprint density at radius 1 is 1.06 bits per heavy atom. The lowest BCUT2D eigenvalue weighted by Crippen LogP contribution is -2.36. The van der Waals surface area contributed by atoms with Crippen LogP contribution in [0.25, 0.3) is 0 Å². The summed E-state index contributed by atoms with van der Waals surface area (Å²) in [5.74, 6) is -0.384. The molecule has 0 aromatic carbocycles. The van der Waals surface area contributed by atoms with E-state index in [0.717, 1.165) is 4.31 Å². The predicted octanol–water partition coefficient (Wildman–Crippen LogP) is 2.44. The molecule has 0 radical (unpaired) electrons. The maximum absolute atomic E-state index is 11.9. The number of hydrogen-bond acceptors (Lipinski definition) is 2. The minimum atomic E-state index is -4.33. The molecular weight excluding hydrogens is 302 g/mol. The minimum absolute atomic E-state index is 0.0582. The second-order valence-corrected chi connectivity index (χ2v) is 6.16. The smallest absolute Gasteiger partial charge is 0.212 e. The Morgan fingerprint density at radius 2 is 1.53 bits per heavy atom. The zero-order valence-electron chi connectivity index (χ0n) is 9.01. The van der Waals surface area contributed by atoms with Crippen molar-refractivity contribution in [1.82, 2.24) is 4.31 Å². The summed E-state index contributed by atoms with van der Waals surface area (Å²) in [5, 5.41) is 0. The number of nitrogens with zero attached hydrogens (tertiary/aromatic N) is 1. The molecule has 9 heteroatoms. The van der Waals surface area contributed by atoms with E-state index in [1.807, 2.05) is 0 Å². The van der Waals surface area contributed by atoms with Crippen LogP contribution >= 0.6 is 23.2 Å². The van der Waals surface area contributed by atoms with Crippen molar-refractivity contribution in [2.75, 3.05) is 30.6 Å². The Kier molecular flexibility index (Phi) is 7.78. The molecule has 0 spiro atoms. The van der Waals surface area contributed by atoms with Gasteiger partial charge in [0, 0.05) is 31.3 Å². The second kappa shape index (κ2) is 7.66. The third-order valence-corrected chi connectivity index (χ3v) is 4.22. The molecule has 0 bridgehead atoms. The van der Waals surface area contributed by atoms with Gasteiger partial charge in [-0.25, -0.2) is 8.42 Å². The Hall–Kier alpha value is 0.280. The average Bonchev–Trinajstić information content (AvgIpc) is 2.15. The highest BCUT2D eigenvalue weighted by atomic mass is 35.5. The molecule has 104 valence electrons. The van der Waals surface area contributed by atoms with E-state index in [4.69, 9.17) is 23.2 Å². The molecule has 0 aliphatic rings. The lowest BCUT2D eigenvalue weighted by atomic mass is 10.3. The number of hydrogen-bond donors (Lipinski definition) is 0. The standard InChI is InChI=1S/C8H14Cl2F3NO2S/c9-3-5-14(6-4-10)17(15,16)7-1-2-8(11,12)13/h1-7H2. The average molecular weight is 316 g/mol. The molecular formula is C8H14Cl2F3NO2S. The van der Waals surface area contributed by atoms with Crippen LogP contribution in [-0.2, 0) is 10.0 Å². The molecule has 0 N–H and O–H groups in total. The monoisotopic (exact) mass is 315 g/mol. The fourth-order valence-corrected chi connectivity index (χ4v) is 3.28. The summed E-state index contributed by atoms with van der Waals surface area (Å²) < 4.78 is 59.9. The maximum Gasteiger partial charge on any atom is 0.389 e. The highest BCUT2D eigenvalue weighted by Crippen LogP contribution is 2.22. The molecule has 0 aromatic heterocycles. The molecule has 0 saturated heterocycles. The van der Waals surface area contributed by atoms with E-state index in [1.165, 1.54) is 0 Å². The molecule has 0 fully saturated rings. The fourth-order valence-electron chi connectivity index (χ4n) is 1.16. The zero-order valence-corrected chi connectivity index (χ0v) is 11.3. The van der Waals surface area contributed by atoms with Gasteiger partial charge in [0.05, 0.1) is 5.75 Å². The van der Waals surface area contributed by atoms with Crippen LogP contribution in [0.15, 0.2) is 0 Å². The summed E-state index contributed by atoms with van der Waals surface area (Å²) >= 11 is 10.8. The molecule has 3 nitrogen and oxygen atoms in total. The molecule has 0 aromatic rings. The first-order chi connectivity index (χ1) is 7.73. The van der Waals surface area contributed by atoms with Gasteiger partial charge in [-0.3, -0.25) is 0 Å². The first kappa shape index (κ1) is 17.3. The van der Waals surface area contributed by atoms with Crippen molar-refractivity contribution < 1.29 is 21.6 Å². The van der Waals surface area contributed by atoms with Crippen LogP contribution in [0, 0.1) is 0 Å². The summed E-state index contributed by atoms with van der Waals surface area (Å²) in [5.41, 5.74) is 0. The quantitative estimate of drug-likeness (QED) is 0.645. The van der Waals surface area contributed by atoms with Crippen LogP contribution < -0.4 is 0 Å². The summed E-state index contributed by atoms with van der Waals surface area (Å²) in [6.45, 7) is 0.116. The van der Waals surface area contributed by atoms with E-state index >= 15 is 0 Å². The van der Waals surface area contributed by atoms with Crippen LogP contribution in [-0.4, -0.2) is 49.5 Å². The highest BCUT2D eigenvalue weighted by Gasteiger charge is 2.28. The Morgan fingerprint density at radius 3 is 1.88 bits per heavy atom. The zero-order chi connectivity index (χ0) is 13.5.